The molecular weight excluding hydrogens is 414 g/mol. The molecule has 0 fully saturated rings. The van der Waals surface area contributed by atoms with E-state index >= 15 is 0 Å². The van der Waals surface area contributed by atoms with Gasteiger partial charge in [0.25, 0.3) is 0 Å². The van der Waals surface area contributed by atoms with Gasteiger partial charge in [-0.1, -0.05) is 0 Å². The van der Waals surface area contributed by atoms with E-state index < -0.39 is 53.4 Å². The lowest BCUT2D eigenvalue weighted by molar-refractivity contribution is -0.146. The molecule has 11 heteroatoms. The van der Waals surface area contributed by atoms with Gasteiger partial charge in [-0.2, -0.15) is 13.2 Å². The zero-order chi connectivity index (χ0) is 22.4. The van der Waals surface area contributed by atoms with Gasteiger partial charge in [0.2, 0.25) is 5.91 Å². The van der Waals surface area contributed by atoms with E-state index in [0.29, 0.717) is 12.1 Å². The van der Waals surface area contributed by atoms with Gasteiger partial charge < -0.3 is 15.2 Å². The number of halogens is 6. The summed E-state index contributed by atoms with van der Waals surface area (Å²) in [5.41, 5.74) is 4.87. The first kappa shape index (κ1) is 22.1. The van der Waals surface area contributed by atoms with Gasteiger partial charge in [-0.3, -0.25) is 4.79 Å². The van der Waals surface area contributed by atoms with Crippen LogP contribution in [0.5, 0.6) is 0 Å². The van der Waals surface area contributed by atoms with Crippen LogP contribution in [0.25, 0.3) is 0 Å². The van der Waals surface area contributed by atoms with Crippen molar-refractivity contribution in [3.8, 4) is 0 Å². The van der Waals surface area contributed by atoms with Crippen LogP contribution in [-0.2, 0) is 23.9 Å². The smallest absolute Gasteiger partial charge is 0.328 e. The van der Waals surface area contributed by atoms with Crippen molar-refractivity contribution in [2.45, 2.75) is 57.5 Å². The molecule has 30 heavy (non-hydrogen) atoms. The lowest BCUT2D eigenvalue weighted by Crippen LogP contribution is -2.49. The molecule has 0 saturated carbocycles. The molecule has 1 aliphatic rings. The summed E-state index contributed by atoms with van der Waals surface area (Å²) in [7, 11) is 0. The highest BCUT2D eigenvalue weighted by Gasteiger charge is 2.41. The van der Waals surface area contributed by atoms with E-state index in [-0.39, 0.29) is 30.8 Å². The van der Waals surface area contributed by atoms with Gasteiger partial charge in [0.15, 0.2) is 11.6 Å². The molecule has 5 nitrogen and oxygen atoms in total. The normalized spacial score (nSPS) is 20.2. The summed E-state index contributed by atoms with van der Waals surface area (Å²) in [6.07, 6.45) is -4.28. The van der Waals surface area contributed by atoms with Gasteiger partial charge in [-0.25, -0.2) is 18.2 Å². The van der Waals surface area contributed by atoms with E-state index in [2.05, 4.69) is 4.98 Å². The molecule has 1 aromatic heterocycles. The fourth-order valence-corrected chi connectivity index (χ4v) is 3.87. The van der Waals surface area contributed by atoms with Crippen molar-refractivity contribution in [2.24, 2.45) is 5.73 Å². The summed E-state index contributed by atoms with van der Waals surface area (Å²) in [5.74, 6) is -3.87. The van der Waals surface area contributed by atoms with E-state index in [4.69, 9.17) is 5.73 Å². The average molecular weight is 434 g/mol. The van der Waals surface area contributed by atoms with Crippen LogP contribution in [0.4, 0.5) is 26.3 Å². The third-order valence-electron chi connectivity index (χ3n) is 5.19. The van der Waals surface area contributed by atoms with Crippen LogP contribution in [0, 0.1) is 17.5 Å². The van der Waals surface area contributed by atoms with Gasteiger partial charge in [-0.15, -0.1) is 0 Å². The fourth-order valence-electron chi connectivity index (χ4n) is 3.87. The van der Waals surface area contributed by atoms with Crippen molar-refractivity contribution in [1.29, 1.82) is 0 Å². The molecular formula is C19H20F6N4O. The molecule has 164 valence electrons. The maximum Gasteiger partial charge on any atom is 0.433 e. The molecule has 1 aliphatic heterocycles. The van der Waals surface area contributed by atoms with Crippen molar-refractivity contribution in [3.63, 3.8) is 0 Å². The number of imidazole rings is 1. The summed E-state index contributed by atoms with van der Waals surface area (Å²) in [4.78, 5) is 18.0. The monoisotopic (exact) mass is 434 g/mol. The number of rotatable bonds is 4. The Kier molecular flexibility index (Phi) is 5.85. The van der Waals surface area contributed by atoms with Crippen LogP contribution in [-0.4, -0.2) is 32.4 Å². The summed E-state index contributed by atoms with van der Waals surface area (Å²) in [6.45, 7) is 3.08. The van der Waals surface area contributed by atoms with Gasteiger partial charge in [-0.05, 0) is 31.9 Å². The maximum atomic E-state index is 13.8. The Morgan fingerprint density at radius 3 is 2.47 bits per heavy atom. The van der Waals surface area contributed by atoms with E-state index in [0.717, 1.165) is 10.8 Å². The summed E-state index contributed by atoms with van der Waals surface area (Å²) >= 11 is 0. The van der Waals surface area contributed by atoms with Crippen molar-refractivity contribution < 1.29 is 31.1 Å². The van der Waals surface area contributed by atoms with Crippen molar-refractivity contribution >= 4 is 5.91 Å². The van der Waals surface area contributed by atoms with Gasteiger partial charge in [0, 0.05) is 31.1 Å². The van der Waals surface area contributed by atoms with E-state index in [1.165, 1.54) is 4.90 Å². The lowest BCUT2D eigenvalue weighted by atomic mass is 10.0. The Morgan fingerprint density at radius 1 is 1.20 bits per heavy atom. The number of alkyl halides is 3. The highest BCUT2D eigenvalue weighted by Crippen LogP contribution is 2.36. The third kappa shape index (κ3) is 4.16. The predicted octanol–water partition coefficient (Wildman–Crippen LogP) is 3.57. The van der Waals surface area contributed by atoms with Crippen molar-refractivity contribution in [2.75, 3.05) is 0 Å². The molecule has 1 aromatic carbocycles. The molecule has 0 spiro atoms. The second kappa shape index (κ2) is 7.93. The lowest BCUT2D eigenvalue weighted by Gasteiger charge is -2.40. The number of nitrogens with two attached hydrogens (primary N) is 1. The van der Waals surface area contributed by atoms with Crippen LogP contribution in [0.15, 0.2) is 18.3 Å². The maximum absolute atomic E-state index is 13.8. The first-order chi connectivity index (χ1) is 13.9. The molecule has 0 aliphatic carbocycles. The number of carbonyl (C=O) groups excluding carboxylic acids is 1. The number of hydrogen-bond donors (Lipinski definition) is 1. The Labute approximate surface area is 168 Å². The van der Waals surface area contributed by atoms with Crippen LogP contribution in [0.1, 0.15) is 43.4 Å². The molecule has 2 heterocycles. The minimum Gasteiger partial charge on any atom is -0.328 e. The van der Waals surface area contributed by atoms with Gasteiger partial charge in [0.1, 0.15) is 17.3 Å². The molecule has 3 atom stereocenters. The summed E-state index contributed by atoms with van der Waals surface area (Å²) < 4.78 is 80.7. The van der Waals surface area contributed by atoms with Crippen molar-refractivity contribution in [1.82, 2.24) is 14.5 Å². The van der Waals surface area contributed by atoms with E-state index in [1.54, 1.807) is 13.8 Å². The molecule has 2 aromatic rings. The van der Waals surface area contributed by atoms with E-state index in [9.17, 15) is 31.1 Å². The number of fused-ring (bicyclic) bond motifs is 1. The van der Waals surface area contributed by atoms with Crippen LogP contribution >= 0.6 is 0 Å². The molecule has 0 radical (unpaired) electrons. The number of aromatic nitrogens is 2. The zero-order valence-corrected chi connectivity index (χ0v) is 16.2. The Bertz CT molecular complexity index is 957. The SMILES string of the molecule is CC1Cn2c(C(F)(F)F)cnc2C(C)N1C(=O)CC(N)Cc1cc(F)c(F)cc1F. The molecule has 2 N–H and O–H groups in total. The number of hydrogen-bond acceptors (Lipinski definition) is 3. The molecule has 0 bridgehead atoms. The number of benzene rings is 1. The second-order valence-corrected chi connectivity index (χ2v) is 7.46. The highest BCUT2D eigenvalue weighted by molar-refractivity contribution is 5.77. The summed E-state index contributed by atoms with van der Waals surface area (Å²) in [5, 5.41) is 0. The predicted molar refractivity (Wildman–Crippen MR) is 94.6 cm³/mol. The van der Waals surface area contributed by atoms with Gasteiger partial charge in [0.05, 0.1) is 12.2 Å². The molecule has 1 amide bonds. The highest BCUT2D eigenvalue weighted by atomic mass is 19.4. The fraction of sp³-hybridized carbons (Fsp3) is 0.474. The Hall–Kier alpha value is -2.56. The molecule has 3 unspecified atom stereocenters. The Balaban J connectivity index is 1.74. The minimum atomic E-state index is -4.56. The molecule has 0 saturated heterocycles. The van der Waals surface area contributed by atoms with Crippen LogP contribution in [0.2, 0.25) is 0 Å². The standard InChI is InChI=1S/C19H20F6N4O/c1-9-8-28-16(19(23,24)25)7-27-18(28)10(2)29(9)17(30)5-12(26)3-11-4-14(21)15(22)6-13(11)20/h4,6-7,9-10,12H,3,5,8,26H2,1-2H3. The van der Waals surface area contributed by atoms with Crippen molar-refractivity contribution in [3.05, 3.63) is 52.9 Å². The second-order valence-electron chi connectivity index (χ2n) is 7.46. The number of carbonyl (C=O) groups is 1. The minimum absolute atomic E-state index is 0.0900. The average Bonchev–Trinajstić information content (AvgIpc) is 3.03. The first-order valence-corrected chi connectivity index (χ1v) is 9.23. The van der Waals surface area contributed by atoms with E-state index in [1.807, 2.05) is 0 Å². The third-order valence-corrected chi connectivity index (χ3v) is 5.19. The quantitative estimate of drug-likeness (QED) is 0.591. The topological polar surface area (TPSA) is 64.2 Å². The summed E-state index contributed by atoms with van der Waals surface area (Å²) in [6, 6.07) is -1.10. The van der Waals surface area contributed by atoms with Gasteiger partial charge >= 0.3 is 6.18 Å². The van der Waals surface area contributed by atoms with Crippen LogP contribution in [0.3, 0.4) is 0 Å². The number of amides is 1. The van der Waals surface area contributed by atoms with Crippen LogP contribution < -0.4 is 5.73 Å². The largest absolute Gasteiger partial charge is 0.433 e. The Morgan fingerprint density at radius 2 is 1.83 bits per heavy atom. The molecule has 3 rings (SSSR count). The first-order valence-electron chi connectivity index (χ1n) is 9.23. The zero-order valence-electron chi connectivity index (χ0n) is 16.2. The number of nitrogens with zero attached hydrogens (tertiary/aromatic N) is 3.